The van der Waals surface area contributed by atoms with Gasteiger partial charge in [-0.1, -0.05) is 29.8 Å². The first-order valence-electron chi connectivity index (χ1n) is 9.49. The molecule has 0 saturated carbocycles. The van der Waals surface area contributed by atoms with Gasteiger partial charge in [-0.25, -0.2) is 9.36 Å². The molecule has 0 saturated heterocycles. The highest BCUT2D eigenvalue weighted by Crippen LogP contribution is 2.37. The van der Waals surface area contributed by atoms with Gasteiger partial charge in [-0.2, -0.15) is 15.2 Å². The van der Waals surface area contributed by atoms with Crippen LogP contribution in [0, 0.1) is 6.92 Å². The van der Waals surface area contributed by atoms with Crippen LogP contribution in [0.5, 0.6) is 5.75 Å². The van der Waals surface area contributed by atoms with E-state index in [0.29, 0.717) is 11.1 Å². The largest absolute Gasteiger partial charge is 0.497 e. The molecule has 0 radical (unpaired) electrons. The quantitative estimate of drug-likeness (QED) is 0.528. The number of benzene rings is 2. The molecule has 2 aromatic carbocycles. The normalized spacial score (nSPS) is 15.3. The number of halogens is 1. The number of methoxy groups -OCH3 is 1. The number of aryl methyl sites for hydroxylation is 1. The third-order valence-corrected chi connectivity index (χ3v) is 5.52. The molecule has 0 aliphatic carbocycles. The van der Waals surface area contributed by atoms with Crippen molar-refractivity contribution in [3.8, 4) is 11.4 Å². The molecular weight excluding hydrogens is 400 g/mol. The summed E-state index contributed by atoms with van der Waals surface area (Å²) < 4.78 is 8.85. The predicted octanol–water partition coefficient (Wildman–Crippen LogP) is 4.49. The molecule has 0 spiro atoms. The number of anilines is 1. The first kappa shape index (κ1) is 18.4. The molecule has 1 unspecified atom stereocenters. The van der Waals surface area contributed by atoms with Crippen LogP contribution in [0.25, 0.3) is 11.4 Å². The van der Waals surface area contributed by atoms with Crippen molar-refractivity contribution < 1.29 is 4.74 Å². The maximum absolute atomic E-state index is 6.84. The maximum Gasteiger partial charge on any atom is 0.226 e. The van der Waals surface area contributed by atoms with Gasteiger partial charge in [0.05, 0.1) is 18.5 Å². The molecule has 1 aliphatic rings. The zero-order valence-corrected chi connectivity index (χ0v) is 17.2. The lowest BCUT2D eigenvalue weighted by Gasteiger charge is -2.24. The van der Waals surface area contributed by atoms with Crippen molar-refractivity contribution in [2.24, 2.45) is 0 Å². The van der Waals surface area contributed by atoms with E-state index in [4.69, 9.17) is 21.4 Å². The average molecular weight is 419 g/mol. The molecule has 7 nitrogen and oxygen atoms in total. The minimum atomic E-state index is -0.245. The van der Waals surface area contributed by atoms with Crippen molar-refractivity contribution >= 4 is 23.2 Å². The van der Waals surface area contributed by atoms with Crippen LogP contribution in [0.4, 0.5) is 5.95 Å². The summed E-state index contributed by atoms with van der Waals surface area (Å²) in [5, 5.41) is 13.0. The van der Waals surface area contributed by atoms with E-state index in [1.165, 1.54) is 6.33 Å². The SMILES string of the molecule is COc1ccc(C2=CC(c3c(C)nn(-c4ccccc4)c3Cl)n3ncnc3N2)cc1. The molecule has 0 fully saturated rings. The average Bonchev–Trinajstić information content (AvgIpc) is 3.38. The summed E-state index contributed by atoms with van der Waals surface area (Å²) >= 11 is 6.84. The number of nitrogens with one attached hydrogen (secondary N) is 1. The van der Waals surface area contributed by atoms with Gasteiger partial charge in [-0.15, -0.1) is 0 Å². The third kappa shape index (κ3) is 3.04. The molecule has 5 rings (SSSR count). The second-order valence-electron chi connectivity index (χ2n) is 6.94. The van der Waals surface area contributed by atoms with Crippen LogP contribution in [-0.4, -0.2) is 31.7 Å². The molecule has 1 atom stereocenters. The molecule has 0 bridgehead atoms. The summed E-state index contributed by atoms with van der Waals surface area (Å²) in [6, 6.07) is 17.5. The minimum Gasteiger partial charge on any atom is -0.497 e. The van der Waals surface area contributed by atoms with Crippen molar-refractivity contribution in [1.82, 2.24) is 24.5 Å². The number of allylic oxidation sites excluding steroid dienone is 1. The van der Waals surface area contributed by atoms with E-state index >= 15 is 0 Å². The summed E-state index contributed by atoms with van der Waals surface area (Å²) in [5.41, 5.74) is 4.57. The molecule has 2 aromatic heterocycles. The van der Waals surface area contributed by atoms with Crippen LogP contribution in [0.3, 0.4) is 0 Å². The maximum atomic E-state index is 6.84. The molecule has 8 heteroatoms. The Morgan fingerprint density at radius 2 is 1.83 bits per heavy atom. The number of para-hydroxylation sites is 1. The number of nitrogens with zero attached hydrogens (tertiary/aromatic N) is 5. The topological polar surface area (TPSA) is 69.8 Å². The molecule has 0 amide bonds. The minimum absolute atomic E-state index is 0.245. The number of rotatable bonds is 4. The number of aromatic nitrogens is 5. The lowest BCUT2D eigenvalue weighted by Crippen LogP contribution is -2.20. The fourth-order valence-corrected chi connectivity index (χ4v) is 4.05. The van der Waals surface area contributed by atoms with Crippen LogP contribution >= 0.6 is 11.6 Å². The number of hydrogen-bond acceptors (Lipinski definition) is 5. The molecule has 3 heterocycles. The fraction of sp³-hybridized carbons (Fsp3) is 0.136. The first-order valence-corrected chi connectivity index (χ1v) is 9.86. The number of hydrogen-bond donors (Lipinski definition) is 1. The van der Waals surface area contributed by atoms with E-state index in [0.717, 1.165) is 34.0 Å². The standard InChI is InChI=1S/C22H19ClN6O/c1-14-20(21(23)28(27-14)16-6-4-3-5-7-16)19-12-18(26-22-24-13-25-29(19)22)15-8-10-17(30-2)11-9-15/h3-13,19H,1-2H3,(H,24,25,26). The fourth-order valence-electron chi connectivity index (χ4n) is 3.67. The highest BCUT2D eigenvalue weighted by Gasteiger charge is 2.29. The summed E-state index contributed by atoms with van der Waals surface area (Å²) in [6.45, 7) is 1.96. The predicted molar refractivity (Wildman–Crippen MR) is 116 cm³/mol. The summed E-state index contributed by atoms with van der Waals surface area (Å²) in [6.07, 6.45) is 3.62. The summed E-state index contributed by atoms with van der Waals surface area (Å²) in [4.78, 5) is 4.37. The molecule has 1 aliphatic heterocycles. The zero-order chi connectivity index (χ0) is 20.7. The van der Waals surface area contributed by atoms with Gasteiger partial charge < -0.3 is 10.1 Å². The van der Waals surface area contributed by atoms with Gasteiger partial charge in [0, 0.05) is 11.3 Å². The second kappa shape index (κ2) is 7.35. The van der Waals surface area contributed by atoms with E-state index in [9.17, 15) is 0 Å². The summed E-state index contributed by atoms with van der Waals surface area (Å²) in [7, 11) is 1.65. The van der Waals surface area contributed by atoms with Gasteiger partial charge in [0.15, 0.2) is 0 Å². The molecule has 1 N–H and O–H groups in total. The third-order valence-electron chi connectivity index (χ3n) is 5.15. The smallest absolute Gasteiger partial charge is 0.226 e. The van der Waals surface area contributed by atoms with Crippen molar-refractivity contribution in [2.75, 3.05) is 12.4 Å². The van der Waals surface area contributed by atoms with Gasteiger partial charge in [-0.3, -0.25) is 0 Å². The number of ether oxygens (including phenoxy) is 1. The van der Waals surface area contributed by atoms with E-state index in [2.05, 4.69) is 21.5 Å². The van der Waals surface area contributed by atoms with Crippen molar-refractivity contribution in [1.29, 1.82) is 0 Å². The Kier molecular flexibility index (Phi) is 4.52. The Hall–Kier alpha value is -3.58. The second-order valence-corrected chi connectivity index (χ2v) is 7.30. The van der Waals surface area contributed by atoms with Gasteiger partial charge in [0.2, 0.25) is 5.95 Å². The Balaban J connectivity index is 1.62. The highest BCUT2D eigenvalue weighted by atomic mass is 35.5. The van der Waals surface area contributed by atoms with E-state index < -0.39 is 0 Å². The van der Waals surface area contributed by atoms with Crippen LogP contribution in [0.15, 0.2) is 67.0 Å². The van der Waals surface area contributed by atoms with Gasteiger partial charge >= 0.3 is 0 Å². The highest BCUT2D eigenvalue weighted by molar-refractivity contribution is 6.30. The summed E-state index contributed by atoms with van der Waals surface area (Å²) in [5.74, 6) is 1.45. The monoisotopic (exact) mass is 418 g/mol. The van der Waals surface area contributed by atoms with Crippen molar-refractivity contribution in [2.45, 2.75) is 13.0 Å². The lowest BCUT2D eigenvalue weighted by atomic mass is 10.0. The molecule has 150 valence electrons. The first-order chi connectivity index (χ1) is 14.7. The number of fused-ring (bicyclic) bond motifs is 1. The Bertz CT molecular complexity index is 1230. The van der Waals surface area contributed by atoms with Crippen LogP contribution in [-0.2, 0) is 0 Å². The zero-order valence-electron chi connectivity index (χ0n) is 16.5. The van der Waals surface area contributed by atoms with Crippen molar-refractivity contribution in [3.05, 3.63) is 89.0 Å². The van der Waals surface area contributed by atoms with E-state index in [1.807, 2.05) is 66.2 Å². The van der Waals surface area contributed by atoms with Crippen LogP contribution in [0.1, 0.15) is 22.9 Å². The van der Waals surface area contributed by atoms with Gasteiger partial charge in [0.25, 0.3) is 0 Å². The Morgan fingerprint density at radius 3 is 2.57 bits per heavy atom. The lowest BCUT2D eigenvalue weighted by molar-refractivity contribution is 0.415. The van der Waals surface area contributed by atoms with Crippen LogP contribution in [0.2, 0.25) is 5.15 Å². The molecular formula is C22H19ClN6O. The van der Waals surface area contributed by atoms with Crippen LogP contribution < -0.4 is 10.1 Å². The van der Waals surface area contributed by atoms with E-state index in [1.54, 1.807) is 11.8 Å². The Morgan fingerprint density at radius 1 is 1.07 bits per heavy atom. The molecule has 30 heavy (non-hydrogen) atoms. The van der Waals surface area contributed by atoms with Gasteiger partial charge in [0.1, 0.15) is 23.3 Å². The van der Waals surface area contributed by atoms with Crippen molar-refractivity contribution in [3.63, 3.8) is 0 Å². The van der Waals surface area contributed by atoms with E-state index in [-0.39, 0.29) is 6.04 Å². The Labute approximate surface area is 178 Å². The van der Waals surface area contributed by atoms with Gasteiger partial charge in [-0.05, 0) is 55.0 Å². The molecule has 4 aromatic rings.